The Balaban J connectivity index is 1.16. The monoisotopic (exact) mass is 1220 g/mol. The third kappa shape index (κ3) is 14.9. The Morgan fingerprint density at radius 1 is 0.337 bits per heavy atom. The van der Waals surface area contributed by atoms with Crippen LogP contribution in [0.1, 0.15) is 20.8 Å². The van der Waals surface area contributed by atoms with Crippen LogP contribution in [0.25, 0.3) is 0 Å². The van der Waals surface area contributed by atoms with Gasteiger partial charge in [0, 0.05) is 13.8 Å². The lowest BCUT2D eigenvalue weighted by Crippen LogP contribution is -2.70. The van der Waals surface area contributed by atoms with E-state index in [1.807, 2.05) is 0 Å². The molecule has 0 bridgehead atoms. The van der Waals surface area contributed by atoms with Gasteiger partial charge in [-0.15, -0.1) is 0 Å². The molecule has 7 saturated heterocycles. The van der Waals surface area contributed by atoms with Gasteiger partial charge in [-0.1, -0.05) is 0 Å². The molecule has 7 aliphatic rings. The molecule has 0 aromatic heterocycles. The molecule has 0 radical (unpaired) electrons. The van der Waals surface area contributed by atoms with Crippen LogP contribution in [0.3, 0.4) is 0 Å². The fourth-order valence-electron chi connectivity index (χ4n) is 10.5. The Morgan fingerprint density at radius 3 is 1.19 bits per heavy atom. The Hall–Kier alpha value is -2.38. The molecule has 7 rings (SSSR count). The number of aliphatic hydroxyl groups excluding tert-OH is 20. The maximum Gasteiger partial charge on any atom is 0.217 e. The number of ether oxygens (including phenoxy) is 13. The molecule has 0 spiro atoms. The van der Waals surface area contributed by atoms with Crippen molar-refractivity contribution in [1.82, 2.24) is 10.6 Å². The van der Waals surface area contributed by atoms with Crippen LogP contribution in [0, 0.1) is 0 Å². The summed E-state index contributed by atoms with van der Waals surface area (Å²) in [6.45, 7) is -2.34. The molecule has 22 N–H and O–H groups in total. The third-order valence-electron chi connectivity index (χ3n) is 15.3. The van der Waals surface area contributed by atoms with Gasteiger partial charge >= 0.3 is 0 Å². The molecule has 35 atom stereocenters. The highest BCUT2D eigenvalue weighted by atomic mass is 16.8. The minimum absolute atomic E-state index is 0.762. The van der Waals surface area contributed by atoms with Gasteiger partial charge in [-0.25, -0.2) is 0 Å². The van der Waals surface area contributed by atoms with E-state index in [0.717, 1.165) is 13.8 Å². The fourth-order valence-corrected chi connectivity index (χ4v) is 10.5. The molecule has 37 nitrogen and oxygen atoms in total. The molecule has 0 aromatic carbocycles. The number of carbonyl (C=O) groups excluding carboxylic acids is 2. The van der Waals surface area contributed by atoms with Crippen molar-refractivity contribution in [2.24, 2.45) is 0 Å². The van der Waals surface area contributed by atoms with Crippen molar-refractivity contribution in [3.63, 3.8) is 0 Å². The van der Waals surface area contributed by atoms with Gasteiger partial charge in [0.25, 0.3) is 0 Å². The summed E-state index contributed by atoms with van der Waals surface area (Å²) in [6, 6.07) is -3.51. The molecular weight excluding hydrogens is 1140 g/mol. The first-order valence-electron chi connectivity index (χ1n) is 26.5. The number of aliphatic hydroxyl groups is 20. The Bertz CT molecular complexity index is 2040. The van der Waals surface area contributed by atoms with E-state index in [0.29, 0.717) is 0 Å². The molecule has 7 heterocycles. The van der Waals surface area contributed by atoms with Crippen molar-refractivity contribution in [3.8, 4) is 0 Å². The molecule has 83 heavy (non-hydrogen) atoms. The molecule has 7 fully saturated rings. The molecule has 37 heteroatoms. The molecule has 0 aliphatic carbocycles. The van der Waals surface area contributed by atoms with Crippen LogP contribution >= 0.6 is 0 Å². The first-order valence-corrected chi connectivity index (χ1v) is 26.5. The Labute approximate surface area is 470 Å². The number of amides is 2. The van der Waals surface area contributed by atoms with Crippen molar-refractivity contribution >= 4 is 11.8 Å². The van der Waals surface area contributed by atoms with Crippen molar-refractivity contribution < 1.29 is 173 Å². The summed E-state index contributed by atoms with van der Waals surface area (Å²) in [4.78, 5) is 25.0. The minimum Gasteiger partial charge on any atom is -0.394 e. The quantitative estimate of drug-likeness (QED) is 0.0538. The molecule has 0 aromatic rings. The minimum atomic E-state index is -2.36. The van der Waals surface area contributed by atoms with Gasteiger partial charge in [-0.05, 0) is 6.92 Å². The zero-order valence-electron chi connectivity index (χ0n) is 44.5. The standard InChI is InChI=1S/C46H78N2O35/c1-10-21(55)28(62)31(65)42(73-10)72-9-18-37(26(60)19(40(70)74-18)47-11(2)53)80-41-20(48-12(3)54)27(61)36(16(7-52)78-41)81-46-35(69)39(25(59)17(79-46)8-71-43-32(66)29(63)22(56)13(4-49)75-43)83-45-34(68)38(24(58)15(6-51)77-45)82-44-33(67)30(64)23(57)14(5-50)76-44/h10,13-46,49-52,55-70H,4-9H2,1-3H3,(H,47,53)(H,48,54)/t10-,13+,14+,15+,16+,17+,18+,19+,20+,21+,22+,23+,24+,25+,26+,27+,28+,29-,30-,31-,32-,33-,34-,35-,36+,37+,38-,39-,40+,41-,42+,43-,44+,45+,46-/m0/s1. The first-order chi connectivity index (χ1) is 39.2. The van der Waals surface area contributed by atoms with Gasteiger partial charge in [0.05, 0.1) is 45.7 Å². The highest BCUT2D eigenvalue weighted by Gasteiger charge is 2.58. The van der Waals surface area contributed by atoms with E-state index in [1.165, 1.54) is 6.92 Å². The van der Waals surface area contributed by atoms with Gasteiger partial charge in [0.2, 0.25) is 11.8 Å². The zero-order chi connectivity index (χ0) is 61.2. The third-order valence-corrected chi connectivity index (χ3v) is 15.3. The first kappa shape index (κ1) is 68.1. The van der Waals surface area contributed by atoms with E-state index in [9.17, 15) is 112 Å². The lowest BCUT2D eigenvalue weighted by molar-refractivity contribution is -0.392. The van der Waals surface area contributed by atoms with Gasteiger partial charge in [0.15, 0.2) is 44.0 Å². The number of nitrogens with one attached hydrogen (secondary N) is 2. The van der Waals surface area contributed by atoms with Crippen LogP contribution in [0.5, 0.6) is 0 Å². The van der Waals surface area contributed by atoms with Crippen molar-refractivity contribution in [2.75, 3.05) is 39.6 Å². The number of hydrogen-bond donors (Lipinski definition) is 22. The molecule has 0 unspecified atom stereocenters. The topological polar surface area (TPSA) is 583 Å². The molecule has 0 saturated carbocycles. The second kappa shape index (κ2) is 29.3. The second-order valence-corrected chi connectivity index (χ2v) is 21.1. The zero-order valence-corrected chi connectivity index (χ0v) is 44.5. The maximum absolute atomic E-state index is 12.8. The second-order valence-electron chi connectivity index (χ2n) is 21.1. The van der Waals surface area contributed by atoms with Crippen LogP contribution in [0.2, 0.25) is 0 Å². The Morgan fingerprint density at radius 2 is 0.687 bits per heavy atom. The summed E-state index contributed by atoms with van der Waals surface area (Å²) < 4.78 is 74.6. The number of hydrogen-bond acceptors (Lipinski definition) is 35. The van der Waals surface area contributed by atoms with Crippen molar-refractivity contribution in [1.29, 1.82) is 0 Å². The average molecular weight is 1220 g/mol. The number of rotatable bonds is 20. The van der Waals surface area contributed by atoms with E-state index in [-0.39, 0.29) is 0 Å². The molecule has 7 aliphatic heterocycles. The summed E-state index contributed by atoms with van der Waals surface area (Å²) >= 11 is 0. The van der Waals surface area contributed by atoms with Crippen molar-refractivity contribution in [3.05, 3.63) is 0 Å². The normalized spacial score (nSPS) is 50.8. The smallest absolute Gasteiger partial charge is 0.217 e. The molecular formula is C46H78N2O35. The molecule has 482 valence electrons. The largest absolute Gasteiger partial charge is 0.394 e. The predicted molar refractivity (Wildman–Crippen MR) is 254 cm³/mol. The summed E-state index contributed by atoms with van der Waals surface area (Å²) in [7, 11) is 0. The van der Waals surface area contributed by atoms with Gasteiger partial charge in [0.1, 0.15) is 165 Å². The summed E-state index contributed by atoms with van der Waals surface area (Å²) in [5.74, 6) is -1.67. The van der Waals surface area contributed by atoms with Crippen LogP contribution < -0.4 is 10.6 Å². The highest BCUT2D eigenvalue weighted by Crippen LogP contribution is 2.37. The lowest BCUT2D eigenvalue weighted by atomic mass is 9.93. The fraction of sp³-hybridized carbons (Fsp3) is 0.957. The van der Waals surface area contributed by atoms with Crippen LogP contribution in [0.15, 0.2) is 0 Å². The average Bonchev–Trinajstić information content (AvgIpc) is 3.49. The van der Waals surface area contributed by atoms with Gasteiger partial charge < -0.3 is 174 Å². The lowest BCUT2D eigenvalue weighted by Gasteiger charge is -2.50. The van der Waals surface area contributed by atoms with E-state index in [1.54, 1.807) is 0 Å². The molecule has 2 amide bonds. The van der Waals surface area contributed by atoms with Crippen LogP contribution in [0.4, 0.5) is 0 Å². The summed E-state index contributed by atoms with van der Waals surface area (Å²) in [5, 5.41) is 221. The highest BCUT2D eigenvalue weighted by molar-refractivity contribution is 5.73. The van der Waals surface area contributed by atoms with E-state index >= 15 is 0 Å². The van der Waals surface area contributed by atoms with Crippen molar-refractivity contribution in [2.45, 2.75) is 236 Å². The van der Waals surface area contributed by atoms with Gasteiger partial charge in [-0.2, -0.15) is 0 Å². The van der Waals surface area contributed by atoms with E-state index < -0.39 is 266 Å². The van der Waals surface area contributed by atoms with E-state index in [4.69, 9.17) is 61.6 Å². The summed E-state index contributed by atoms with van der Waals surface area (Å²) in [5.41, 5.74) is 0. The van der Waals surface area contributed by atoms with Crippen LogP contribution in [-0.4, -0.2) is 368 Å². The van der Waals surface area contributed by atoms with Gasteiger partial charge in [-0.3, -0.25) is 9.59 Å². The Kier molecular flexibility index (Phi) is 24.0. The maximum atomic E-state index is 12.8. The predicted octanol–water partition coefficient (Wildman–Crippen LogP) is -15.0. The van der Waals surface area contributed by atoms with E-state index in [2.05, 4.69) is 10.6 Å². The summed E-state index contributed by atoms with van der Waals surface area (Å²) in [6.07, 6.45) is -63.3. The number of carbonyl (C=O) groups is 2. The SMILES string of the molecule is CC(=O)N[C@@H]1[C@@H](O)[C@H](O[C@@H]2O[C@H](CO)[C@@H](O[C@@H]3O[C@H](CO[C@H]4O[C@H](CO)[C@@H](O)[C@H](O)[C@@H]4O)[C@@H](O)[C@H](O[C@H]4O[C@H](CO)[C@@H](O)[C@H](O[C@H]5O[C@H](CO)[C@@H](O)[C@H](O)[C@@H]5O)[C@@H]4O)[C@@H]3O)[C@H](O)[C@H]2NC(C)=O)[C@@H](CO[C@@H]2O[C@@H](C)[C@@H](O)[C@@H](O)[C@@H]2O)O[C@H]1O. The van der Waals surface area contributed by atoms with Crippen LogP contribution in [-0.2, 0) is 71.2 Å².